The quantitative estimate of drug-likeness (QED) is 0.528. The van der Waals surface area contributed by atoms with E-state index in [0.29, 0.717) is 16.9 Å². The molecule has 0 aliphatic carbocycles. The van der Waals surface area contributed by atoms with Crippen molar-refractivity contribution in [3.05, 3.63) is 75.2 Å². The van der Waals surface area contributed by atoms with Gasteiger partial charge in [-0.2, -0.15) is 0 Å². The number of aromatic nitrogens is 2. The fourth-order valence-electron chi connectivity index (χ4n) is 4.04. The summed E-state index contributed by atoms with van der Waals surface area (Å²) < 4.78 is 7.45. The standard InChI is InChI=1S/C24H25N3O3/c1-5-27-15(3)22(19-12-18(30-4)8-9-21(19)27)24(29)25-13-17-11-16-7-6-14(2)10-20(16)26-23(17)28/h6-12H,5,13H2,1-4H3,(H,25,29)(H,26,28). The minimum absolute atomic E-state index is 0.153. The third-order valence-electron chi connectivity index (χ3n) is 5.59. The highest BCUT2D eigenvalue weighted by molar-refractivity contribution is 6.08. The van der Waals surface area contributed by atoms with Gasteiger partial charge in [-0.3, -0.25) is 9.59 Å². The maximum Gasteiger partial charge on any atom is 0.254 e. The van der Waals surface area contributed by atoms with E-state index < -0.39 is 0 Å². The number of nitrogens with zero attached hydrogens (tertiary/aromatic N) is 1. The number of pyridine rings is 1. The number of methoxy groups -OCH3 is 1. The lowest BCUT2D eigenvalue weighted by Crippen LogP contribution is -2.27. The lowest BCUT2D eigenvalue weighted by molar-refractivity contribution is 0.0951. The van der Waals surface area contributed by atoms with Crippen molar-refractivity contribution in [2.45, 2.75) is 33.9 Å². The number of carbonyl (C=O) groups is 1. The van der Waals surface area contributed by atoms with Crippen LogP contribution in [0.1, 0.15) is 34.1 Å². The summed E-state index contributed by atoms with van der Waals surface area (Å²) in [4.78, 5) is 28.5. The molecule has 0 aliphatic heterocycles. The van der Waals surface area contributed by atoms with Crippen molar-refractivity contribution in [1.29, 1.82) is 0 Å². The Hall–Kier alpha value is -3.54. The van der Waals surface area contributed by atoms with Crippen LogP contribution in [0.5, 0.6) is 5.75 Å². The van der Waals surface area contributed by atoms with Gasteiger partial charge in [-0.05, 0) is 62.1 Å². The minimum atomic E-state index is -0.207. The van der Waals surface area contributed by atoms with Crippen LogP contribution in [0.2, 0.25) is 0 Å². The predicted molar refractivity (Wildman–Crippen MR) is 119 cm³/mol. The van der Waals surface area contributed by atoms with E-state index in [9.17, 15) is 9.59 Å². The Morgan fingerprint density at radius 2 is 1.93 bits per heavy atom. The van der Waals surface area contributed by atoms with Crippen molar-refractivity contribution in [3.63, 3.8) is 0 Å². The van der Waals surface area contributed by atoms with Crippen LogP contribution >= 0.6 is 0 Å². The van der Waals surface area contributed by atoms with E-state index in [1.807, 2.05) is 56.3 Å². The second-order valence-electron chi connectivity index (χ2n) is 7.48. The summed E-state index contributed by atoms with van der Waals surface area (Å²) in [6.45, 7) is 6.88. The number of hydrogen-bond acceptors (Lipinski definition) is 3. The maximum atomic E-state index is 13.1. The van der Waals surface area contributed by atoms with Gasteiger partial charge in [0.1, 0.15) is 5.75 Å². The zero-order valence-corrected chi connectivity index (χ0v) is 17.6. The maximum absolute atomic E-state index is 13.1. The molecule has 4 aromatic rings. The summed E-state index contributed by atoms with van der Waals surface area (Å²) in [6.07, 6.45) is 0. The smallest absolute Gasteiger partial charge is 0.254 e. The first-order valence-electron chi connectivity index (χ1n) is 10.0. The number of benzene rings is 2. The van der Waals surface area contributed by atoms with Crippen molar-refractivity contribution in [1.82, 2.24) is 14.9 Å². The van der Waals surface area contributed by atoms with E-state index in [2.05, 4.69) is 21.8 Å². The van der Waals surface area contributed by atoms with E-state index in [0.717, 1.165) is 39.6 Å². The molecule has 6 nitrogen and oxygen atoms in total. The molecule has 0 aliphatic rings. The number of rotatable bonds is 5. The minimum Gasteiger partial charge on any atom is -0.497 e. The van der Waals surface area contributed by atoms with Gasteiger partial charge in [0.05, 0.1) is 12.7 Å². The topological polar surface area (TPSA) is 76.1 Å². The van der Waals surface area contributed by atoms with Gasteiger partial charge in [-0.15, -0.1) is 0 Å². The lowest BCUT2D eigenvalue weighted by Gasteiger charge is -2.08. The second kappa shape index (κ2) is 7.71. The molecule has 30 heavy (non-hydrogen) atoms. The zero-order chi connectivity index (χ0) is 21.4. The molecule has 1 amide bonds. The number of H-pyrrole nitrogens is 1. The summed E-state index contributed by atoms with van der Waals surface area (Å²) >= 11 is 0. The van der Waals surface area contributed by atoms with Crippen LogP contribution in [0, 0.1) is 13.8 Å². The van der Waals surface area contributed by atoms with Crippen LogP contribution in [0.15, 0.2) is 47.3 Å². The van der Waals surface area contributed by atoms with Crippen LogP contribution < -0.4 is 15.6 Å². The summed E-state index contributed by atoms with van der Waals surface area (Å²) in [5.41, 5.74) is 4.69. The molecule has 0 radical (unpaired) electrons. The second-order valence-corrected chi connectivity index (χ2v) is 7.48. The molecule has 0 saturated carbocycles. The molecule has 0 fully saturated rings. The summed E-state index contributed by atoms with van der Waals surface area (Å²) in [7, 11) is 1.61. The number of carbonyl (C=O) groups excluding carboxylic acids is 1. The van der Waals surface area contributed by atoms with Crippen LogP contribution in [-0.2, 0) is 13.1 Å². The Morgan fingerprint density at radius 3 is 2.67 bits per heavy atom. The number of hydrogen-bond donors (Lipinski definition) is 2. The van der Waals surface area contributed by atoms with E-state index in [-0.39, 0.29) is 18.0 Å². The monoisotopic (exact) mass is 403 g/mol. The van der Waals surface area contributed by atoms with Crippen molar-refractivity contribution in [2.75, 3.05) is 7.11 Å². The molecule has 0 atom stereocenters. The molecule has 0 spiro atoms. The third-order valence-corrected chi connectivity index (χ3v) is 5.59. The first-order valence-corrected chi connectivity index (χ1v) is 10.0. The Morgan fingerprint density at radius 1 is 1.13 bits per heavy atom. The van der Waals surface area contributed by atoms with Gasteiger partial charge in [-0.1, -0.05) is 12.1 Å². The van der Waals surface area contributed by atoms with Crippen LogP contribution in [-0.4, -0.2) is 22.6 Å². The molecule has 2 heterocycles. The highest BCUT2D eigenvalue weighted by atomic mass is 16.5. The summed E-state index contributed by atoms with van der Waals surface area (Å²) in [5, 5.41) is 4.71. The first kappa shape index (κ1) is 19.8. The lowest BCUT2D eigenvalue weighted by atomic mass is 10.1. The molecule has 2 N–H and O–H groups in total. The van der Waals surface area contributed by atoms with Crippen LogP contribution in [0.3, 0.4) is 0 Å². The summed E-state index contributed by atoms with van der Waals surface area (Å²) in [6, 6.07) is 13.5. The van der Waals surface area contributed by atoms with E-state index in [4.69, 9.17) is 4.74 Å². The Kier molecular flexibility index (Phi) is 5.08. The molecule has 2 aromatic heterocycles. The Balaban J connectivity index is 1.68. The number of amides is 1. The number of ether oxygens (including phenoxy) is 1. The average molecular weight is 403 g/mol. The van der Waals surface area contributed by atoms with E-state index in [1.54, 1.807) is 7.11 Å². The fourth-order valence-corrected chi connectivity index (χ4v) is 4.04. The van der Waals surface area contributed by atoms with Crippen molar-refractivity contribution in [2.24, 2.45) is 0 Å². The Bertz CT molecular complexity index is 1330. The van der Waals surface area contributed by atoms with E-state index >= 15 is 0 Å². The van der Waals surface area contributed by atoms with E-state index in [1.165, 1.54) is 0 Å². The molecule has 2 aromatic carbocycles. The van der Waals surface area contributed by atoms with Gasteiger partial charge >= 0.3 is 0 Å². The predicted octanol–water partition coefficient (Wildman–Crippen LogP) is 4.06. The molecular formula is C24H25N3O3. The fraction of sp³-hybridized carbons (Fsp3) is 0.250. The number of aryl methyl sites for hydroxylation is 2. The molecule has 0 saturated heterocycles. The van der Waals surface area contributed by atoms with Gasteiger partial charge < -0.3 is 19.6 Å². The first-order chi connectivity index (χ1) is 14.4. The number of aromatic amines is 1. The SMILES string of the molecule is CCn1c(C)c(C(=O)NCc2cc3ccc(C)cc3[nH]c2=O)c2cc(OC)ccc21. The van der Waals surface area contributed by atoms with Gasteiger partial charge in [0.2, 0.25) is 0 Å². The van der Waals surface area contributed by atoms with Crippen LogP contribution in [0.25, 0.3) is 21.8 Å². The van der Waals surface area contributed by atoms with Gasteiger partial charge in [-0.25, -0.2) is 0 Å². The van der Waals surface area contributed by atoms with Gasteiger partial charge in [0.15, 0.2) is 0 Å². The van der Waals surface area contributed by atoms with Gasteiger partial charge in [0, 0.05) is 40.8 Å². The Labute approximate surface area is 174 Å². The number of fused-ring (bicyclic) bond motifs is 2. The molecule has 154 valence electrons. The normalized spacial score (nSPS) is 11.2. The van der Waals surface area contributed by atoms with Crippen molar-refractivity contribution in [3.8, 4) is 5.75 Å². The van der Waals surface area contributed by atoms with Crippen molar-refractivity contribution >= 4 is 27.7 Å². The molecule has 4 rings (SSSR count). The summed E-state index contributed by atoms with van der Waals surface area (Å²) in [5.74, 6) is 0.493. The highest BCUT2D eigenvalue weighted by Crippen LogP contribution is 2.29. The van der Waals surface area contributed by atoms with Crippen molar-refractivity contribution < 1.29 is 9.53 Å². The molecular weight excluding hydrogens is 378 g/mol. The molecule has 6 heteroatoms. The van der Waals surface area contributed by atoms with Gasteiger partial charge in [0.25, 0.3) is 11.5 Å². The molecule has 0 unspecified atom stereocenters. The number of nitrogens with one attached hydrogen (secondary N) is 2. The average Bonchev–Trinajstić information content (AvgIpc) is 3.02. The molecule has 0 bridgehead atoms. The van der Waals surface area contributed by atoms with Crippen LogP contribution in [0.4, 0.5) is 0 Å². The largest absolute Gasteiger partial charge is 0.497 e. The third kappa shape index (κ3) is 3.34. The zero-order valence-electron chi connectivity index (χ0n) is 17.6. The highest BCUT2D eigenvalue weighted by Gasteiger charge is 2.20.